The molecule has 37 heavy (non-hydrogen) atoms. The minimum absolute atomic E-state index is 0.0268. The fraction of sp³-hybridized carbons (Fsp3) is 0.423. The third-order valence-electron chi connectivity index (χ3n) is 7.07. The summed E-state index contributed by atoms with van der Waals surface area (Å²) in [6, 6.07) is 5.71. The minimum Gasteiger partial charge on any atom is -0.496 e. The van der Waals surface area contributed by atoms with Gasteiger partial charge < -0.3 is 20.1 Å². The topological polar surface area (TPSA) is 127 Å². The Hall–Kier alpha value is -3.99. The first-order chi connectivity index (χ1) is 17.8. The molecule has 2 N–H and O–H groups in total. The van der Waals surface area contributed by atoms with Crippen molar-refractivity contribution in [3.05, 3.63) is 48.5 Å². The molecule has 3 heterocycles. The molecule has 1 fully saturated rings. The first-order valence-corrected chi connectivity index (χ1v) is 12.4. The Bertz CT molecular complexity index is 1440. The van der Waals surface area contributed by atoms with E-state index in [0.29, 0.717) is 22.6 Å². The van der Waals surface area contributed by atoms with Crippen molar-refractivity contribution in [3.8, 4) is 5.75 Å². The number of aromatic nitrogens is 5. The van der Waals surface area contributed by atoms with E-state index in [2.05, 4.69) is 15.4 Å². The van der Waals surface area contributed by atoms with Crippen molar-refractivity contribution < 1.29 is 19.4 Å². The van der Waals surface area contributed by atoms with E-state index < -0.39 is 6.10 Å². The number of carbonyl (C=O) groups is 2. The largest absolute Gasteiger partial charge is 0.496 e. The number of nitrogens with one attached hydrogen (secondary N) is 1. The second kappa shape index (κ2) is 10.2. The number of nitrogens with zero attached hydrogens (tertiary/aromatic N) is 6. The number of anilines is 1. The third-order valence-corrected chi connectivity index (χ3v) is 7.07. The second-order valence-electron chi connectivity index (χ2n) is 9.64. The molecule has 1 atom stereocenters. The summed E-state index contributed by atoms with van der Waals surface area (Å²) >= 11 is 0. The lowest BCUT2D eigenvalue weighted by Gasteiger charge is -2.35. The molecular formula is C26H31N7O4. The van der Waals surface area contributed by atoms with Crippen molar-refractivity contribution >= 4 is 34.1 Å². The quantitative estimate of drug-likeness (QED) is 0.395. The third kappa shape index (κ3) is 4.99. The zero-order valence-electron chi connectivity index (χ0n) is 21.2. The predicted octanol–water partition coefficient (Wildman–Crippen LogP) is 3.05. The van der Waals surface area contributed by atoms with E-state index >= 15 is 0 Å². The van der Waals surface area contributed by atoms with Crippen LogP contribution in [-0.4, -0.2) is 72.5 Å². The minimum atomic E-state index is -0.636. The number of aliphatic hydroxyl groups excluding tert-OH is 1. The molecule has 0 radical (unpaired) electrons. The fourth-order valence-corrected chi connectivity index (χ4v) is 5.02. The number of methoxy groups -OCH3 is 1. The predicted molar refractivity (Wildman–Crippen MR) is 138 cm³/mol. The van der Waals surface area contributed by atoms with Gasteiger partial charge in [0.25, 0.3) is 5.91 Å². The molecule has 0 spiro atoms. The van der Waals surface area contributed by atoms with Crippen LogP contribution in [0.1, 0.15) is 55.4 Å². The van der Waals surface area contributed by atoms with Crippen molar-refractivity contribution in [1.82, 2.24) is 29.3 Å². The number of aliphatic hydroxyl groups is 1. The normalized spacial score (nSPS) is 18.6. The molecule has 0 aliphatic heterocycles. The monoisotopic (exact) mass is 505 g/mol. The highest BCUT2D eigenvalue weighted by atomic mass is 16.5. The number of hydrogen-bond acceptors (Lipinski definition) is 7. The number of ether oxygens (including phenoxy) is 1. The van der Waals surface area contributed by atoms with Crippen LogP contribution in [0.3, 0.4) is 0 Å². The Labute approximate surface area is 214 Å². The van der Waals surface area contributed by atoms with Gasteiger partial charge in [0.1, 0.15) is 11.4 Å². The molecule has 11 heteroatoms. The zero-order valence-corrected chi connectivity index (χ0v) is 21.2. The van der Waals surface area contributed by atoms with Gasteiger partial charge in [-0.15, -0.1) is 0 Å². The molecule has 0 saturated heterocycles. The van der Waals surface area contributed by atoms with Gasteiger partial charge in [-0.2, -0.15) is 10.2 Å². The summed E-state index contributed by atoms with van der Waals surface area (Å²) in [5, 5.41) is 22.2. The van der Waals surface area contributed by atoms with Crippen molar-refractivity contribution in [2.24, 2.45) is 0 Å². The first kappa shape index (κ1) is 24.7. The molecule has 0 unspecified atom stereocenters. The summed E-state index contributed by atoms with van der Waals surface area (Å²) in [6.45, 7) is 1.63. The van der Waals surface area contributed by atoms with E-state index in [1.54, 1.807) is 53.1 Å². The van der Waals surface area contributed by atoms with Crippen LogP contribution >= 0.6 is 0 Å². The Morgan fingerprint density at radius 3 is 2.78 bits per heavy atom. The van der Waals surface area contributed by atoms with Crippen molar-refractivity contribution in [3.63, 3.8) is 0 Å². The van der Waals surface area contributed by atoms with Gasteiger partial charge in [0.05, 0.1) is 43.0 Å². The molecule has 1 aliphatic rings. The number of hydrogen-bond donors (Lipinski definition) is 2. The summed E-state index contributed by atoms with van der Waals surface area (Å²) in [5.74, 6) is 0.0835. The highest BCUT2D eigenvalue weighted by Gasteiger charge is 2.28. The van der Waals surface area contributed by atoms with Gasteiger partial charge in [-0.1, -0.05) is 0 Å². The molecule has 1 aromatic carbocycles. The molecular weight excluding hydrogens is 474 g/mol. The highest BCUT2D eigenvalue weighted by molar-refractivity contribution is 6.09. The van der Waals surface area contributed by atoms with Crippen LogP contribution in [0.25, 0.3) is 16.6 Å². The van der Waals surface area contributed by atoms with Crippen LogP contribution in [0.2, 0.25) is 0 Å². The van der Waals surface area contributed by atoms with E-state index in [-0.39, 0.29) is 30.3 Å². The van der Waals surface area contributed by atoms with Gasteiger partial charge in [-0.3, -0.25) is 14.3 Å². The van der Waals surface area contributed by atoms with Gasteiger partial charge >= 0.3 is 0 Å². The van der Waals surface area contributed by atoms with Crippen molar-refractivity contribution in [2.45, 2.75) is 57.2 Å². The summed E-state index contributed by atoms with van der Waals surface area (Å²) < 4.78 is 9.08. The summed E-state index contributed by atoms with van der Waals surface area (Å²) in [6.07, 6.45) is 9.96. The van der Waals surface area contributed by atoms with E-state index in [0.717, 1.165) is 36.6 Å². The molecule has 1 saturated carbocycles. The van der Waals surface area contributed by atoms with Crippen LogP contribution in [0.15, 0.2) is 43.0 Å². The van der Waals surface area contributed by atoms with Gasteiger partial charge in [0.15, 0.2) is 5.65 Å². The lowest BCUT2D eigenvalue weighted by atomic mass is 9.90. The molecule has 2 amide bonds. The maximum Gasteiger partial charge on any atom is 0.259 e. The van der Waals surface area contributed by atoms with Crippen LogP contribution in [0.5, 0.6) is 5.75 Å². The summed E-state index contributed by atoms with van der Waals surface area (Å²) in [5.41, 5.74) is 2.21. The molecule has 3 aromatic heterocycles. The average Bonchev–Trinajstić information content (AvgIpc) is 3.51. The standard InChI is InChI=1S/C26H31N7O4/c1-16(34)11-24(35)31(2)18-5-7-19(8-6-18)33-15-17-12-20(23(37-3)13-21(17)30-33)26(36)29-22-14-28-32-10-4-9-27-25(22)32/h4,9-10,12-16,18-19,34H,5-8,11H2,1-3H3,(H,29,36)/t16-,18?,19?/m1/s1. The lowest BCUT2D eigenvalue weighted by Crippen LogP contribution is -2.40. The first-order valence-electron chi connectivity index (χ1n) is 12.4. The number of amides is 2. The van der Waals surface area contributed by atoms with Crippen molar-refractivity contribution in [2.75, 3.05) is 19.5 Å². The number of fused-ring (bicyclic) bond motifs is 2. The van der Waals surface area contributed by atoms with Gasteiger partial charge in [0, 0.05) is 43.1 Å². The van der Waals surface area contributed by atoms with Crippen LogP contribution in [0, 0.1) is 0 Å². The molecule has 4 aromatic rings. The second-order valence-corrected chi connectivity index (χ2v) is 9.64. The van der Waals surface area contributed by atoms with Gasteiger partial charge in [0.2, 0.25) is 5.91 Å². The Balaban J connectivity index is 1.32. The van der Waals surface area contributed by atoms with Crippen LogP contribution in [0.4, 0.5) is 5.69 Å². The molecule has 1 aliphatic carbocycles. The fourth-order valence-electron chi connectivity index (χ4n) is 5.02. The van der Waals surface area contributed by atoms with E-state index in [1.807, 2.05) is 17.9 Å². The Morgan fingerprint density at radius 2 is 2.05 bits per heavy atom. The molecule has 0 bridgehead atoms. The maximum absolute atomic E-state index is 13.2. The smallest absolute Gasteiger partial charge is 0.259 e. The van der Waals surface area contributed by atoms with Crippen molar-refractivity contribution in [1.29, 1.82) is 0 Å². The molecule has 194 valence electrons. The van der Waals surface area contributed by atoms with Crippen LogP contribution < -0.4 is 10.1 Å². The summed E-state index contributed by atoms with van der Waals surface area (Å²) in [7, 11) is 3.35. The SMILES string of the molecule is COc1cc2nn(C3CCC(N(C)C(=O)C[C@@H](C)O)CC3)cc2cc1C(=O)Nc1cnn2cccnc12. The average molecular weight is 506 g/mol. The van der Waals surface area contributed by atoms with E-state index in [4.69, 9.17) is 9.84 Å². The van der Waals surface area contributed by atoms with E-state index in [1.165, 1.54) is 7.11 Å². The molecule has 5 rings (SSSR count). The lowest BCUT2D eigenvalue weighted by molar-refractivity contribution is -0.134. The maximum atomic E-state index is 13.2. The Morgan fingerprint density at radius 1 is 1.27 bits per heavy atom. The zero-order chi connectivity index (χ0) is 26.1. The number of rotatable bonds is 7. The Kier molecular flexibility index (Phi) is 6.79. The molecule has 11 nitrogen and oxygen atoms in total. The number of carbonyl (C=O) groups excluding carboxylic acids is 2. The van der Waals surface area contributed by atoms with E-state index in [9.17, 15) is 14.7 Å². The van der Waals surface area contributed by atoms with Gasteiger partial charge in [-0.25, -0.2) is 9.50 Å². The highest BCUT2D eigenvalue weighted by Crippen LogP contribution is 2.33. The van der Waals surface area contributed by atoms with Crippen LogP contribution in [-0.2, 0) is 4.79 Å². The number of benzene rings is 1. The summed E-state index contributed by atoms with van der Waals surface area (Å²) in [4.78, 5) is 31.6. The van der Waals surface area contributed by atoms with Gasteiger partial charge in [-0.05, 0) is 44.7 Å².